The summed E-state index contributed by atoms with van der Waals surface area (Å²) in [6.45, 7) is 0. The SMILES string of the molecule is COC(=O)c1ccc(-c2c(OC)cccc2OC)c(Br)c1. The van der Waals surface area contributed by atoms with Crippen LogP contribution in [0, 0.1) is 0 Å². The van der Waals surface area contributed by atoms with E-state index in [1.807, 2.05) is 24.3 Å². The molecule has 0 aliphatic heterocycles. The molecule has 0 spiro atoms. The van der Waals surface area contributed by atoms with Crippen LogP contribution in [-0.4, -0.2) is 27.3 Å². The smallest absolute Gasteiger partial charge is 0.337 e. The summed E-state index contributed by atoms with van der Waals surface area (Å²) in [5, 5.41) is 0. The second kappa shape index (κ2) is 6.63. The van der Waals surface area contributed by atoms with Crippen LogP contribution in [0.25, 0.3) is 11.1 Å². The predicted molar refractivity (Wildman–Crippen MR) is 84.0 cm³/mol. The number of esters is 1. The summed E-state index contributed by atoms with van der Waals surface area (Å²) in [6, 6.07) is 10.8. The summed E-state index contributed by atoms with van der Waals surface area (Å²) >= 11 is 3.49. The molecule has 0 radical (unpaired) electrons. The number of methoxy groups -OCH3 is 3. The Balaban J connectivity index is 2.60. The first-order valence-electron chi connectivity index (χ1n) is 6.21. The first-order chi connectivity index (χ1) is 10.1. The van der Waals surface area contributed by atoms with Crippen molar-refractivity contribution in [3.05, 3.63) is 46.4 Å². The van der Waals surface area contributed by atoms with Crippen LogP contribution in [0.5, 0.6) is 11.5 Å². The first kappa shape index (κ1) is 15.4. The maximum Gasteiger partial charge on any atom is 0.337 e. The summed E-state index contributed by atoms with van der Waals surface area (Å²) in [6.07, 6.45) is 0. The van der Waals surface area contributed by atoms with Gasteiger partial charge in [0.05, 0.1) is 32.5 Å². The second-order valence-corrected chi connectivity index (χ2v) is 5.08. The number of benzene rings is 2. The lowest BCUT2D eigenvalue weighted by Crippen LogP contribution is -2.01. The van der Waals surface area contributed by atoms with Gasteiger partial charge in [0, 0.05) is 10.0 Å². The minimum atomic E-state index is -0.380. The van der Waals surface area contributed by atoms with Crippen molar-refractivity contribution in [1.29, 1.82) is 0 Å². The highest BCUT2D eigenvalue weighted by Crippen LogP contribution is 2.41. The summed E-state index contributed by atoms with van der Waals surface area (Å²) in [5.41, 5.74) is 2.17. The molecular formula is C16H15BrO4. The molecule has 110 valence electrons. The van der Waals surface area contributed by atoms with Crippen molar-refractivity contribution >= 4 is 21.9 Å². The highest BCUT2D eigenvalue weighted by atomic mass is 79.9. The molecule has 0 amide bonds. The summed E-state index contributed by atoms with van der Waals surface area (Å²) in [7, 11) is 4.57. The van der Waals surface area contributed by atoms with Crippen molar-refractivity contribution in [3.8, 4) is 22.6 Å². The number of hydrogen-bond donors (Lipinski definition) is 0. The van der Waals surface area contributed by atoms with E-state index in [2.05, 4.69) is 15.9 Å². The van der Waals surface area contributed by atoms with E-state index in [4.69, 9.17) is 14.2 Å². The Morgan fingerprint density at radius 2 is 1.62 bits per heavy atom. The minimum Gasteiger partial charge on any atom is -0.496 e. The number of carbonyl (C=O) groups is 1. The highest BCUT2D eigenvalue weighted by Gasteiger charge is 2.16. The Hall–Kier alpha value is -2.01. The van der Waals surface area contributed by atoms with E-state index in [-0.39, 0.29) is 5.97 Å². The van der Waals surface area contributed by atoms with Gasteiger partial charge in [-0.15, -0.1) is 0 Å². The van der Waals surface area contributed by atoms with E-state index < -0.39 is 0 Å². The first-order valence-corrected chi connectivity index (χ1v) is 7.01. The zero-order valence-electron chi connectivity index (χ0n) is 12.0. The molecule has 0 aliphatic rings. The molecule has 21 heavy (non-hydrogen) atoms. The molecule has 4 nitrogen and oxygen atoms in total. The van der Waals surface area contributed by atoms with E-state index in [0.717, 1.165) is 15.6 Å². The molecule has 0 atom stereocenters. The third kappa shape index (κ3) is 3.03. The second-order valence-electron chi connectivity index (χ2n) is 4.22. The van der Waals surface area contributed by atoms with Crippen molar-refractivity contribution in [2.45, 2.75) is 0 Å². The largest absolute Gasteiger partial charge is 0.496 e. The van der Waals surface area contributed by atoms with Gasteiger partial charge in [-0.2, -0.15) is 0 Å². The van der Waals surface area contributed by atoms with Crippen molar-refractivity contribution in [2.24, 2.45) is 0 Å². The molecule has 0 fully saturated rings. The van der Waals surface area contributed by atoms with E-state index >= 15 is 0 Å². The Bertz CT molecular complexity index is 645. The Morgan fingerprint density at radius 3 is 2.10 bits per heavy atom. The summed E-state index contributed by atoms with van der Waals surface area (Å²) in [5.74, 6) is 1.01. The molecule has 0 N–H and O–H groups in total. The van der Waals surface area contributed by atoms with Crippen molar-refractivity contribution in [1.82, 2.24) is 0 Å². The molecule has 0 saturated heterocycles. The van der Waals surface area contributed by atoms with Gasteiger partial charge in [-0.1, -0.05) is 28.1 Å². The number of rotatable bonds is 4. The molecule has 2 rings (SSSR count). The molecular weight excluding hydrogens is 336 g/mol. The third-order valence-corrected chi connectivity index (χ3v) is 3.74. The van der Waals surface area contributed by atoms with Crippen LogP contribution in [-0.2, 0) is 4.74 Å². The fourth-order valence-electron chi connectivity index (χ4n) is 2.08. The lowest BCUT2D eigenvalue weighted by atomic mass is 10.0. The van der Waals surface area contributed by atoms with E-state index in [9.17, 15) is 4.79 Å². The Labute approximate surface area is 131 Å². The fourth-order valence-corrected chi connectivity index (χ4v) is 2.66. The molecule has 2 aromatic carbocycles. The predicted octanol–water partition coefficient (Wildman–Crippen LogP) is 3.92. The van der Waals surface area contributed by atoms with Gasteiger partial charge in [-0.05, 0) is 24.3 Å². The number of halogens is 1. The van der Waals surface area contributed by atoms with Crippen LogP contribution in [0.2, 0.25) is 0 Å². The summed E-state index contributed by atoms with van der Waals surface area (Å²) in [4.78, 5) is 11.6. The van der Waals surface area contributed by atoms with Crippen LogP contribution in [0.15, 0.2) is 40.9 Å². The highest BCUT2D eigenvalue weighted by molar-refractivity contribution is 9.10. The molecule has 0 aliphatic carbocycles. The van der Waals surface area contributed by atoms with Crippen LogP contribution in [0.4, 0.5) is 0 Å². The maximum atomic E-state index is 11.6. The van der Waals surface area contributed by atoms with Gasteiger partial charge < -0.3 is 14.2 Å². The number of hydrogen-bond acceptors (Lipinski definition) is 4. The van der Waals surface area contributed by atoms with Gasteiger partial charge in [-0.25, -0.2) is 4.79 Å². The quantitative estimate of drug-likeness (QED) is 0.784. The van der Waals surface area contributed by atoms with Crippen molar-refractivity contribution < 1.29 is 19.0 Å². The van der Waals surface area contributed by atoms with Gasteiger partial charge in [0.2, 0.25) is 0 Å². The van der Waals surface area contributed by atoms with Gasteiger partial charge in [0.1, 0.15) is 11.5 Å². The van der Waals surface area contributed by atoms with Crippen LogP contribution in [0.1, 0.15) is 10.4 Å². The van der Waals surface area contributed by atoms with E-state index in [1.165, 1.54) is 7.11 Å². The van der Waals surface area contributed by atoms with Crippen molar-refractivity contribution in [3.63, 3.8) is 0 Å². The van der Waals surface area contributed by atoms with Crippen LogP contribution >= 0.6 is 15.9 Å². The molecule has 0 aromatic heterocycles. The van der Waals surface area contributed by atoms with Crippen LogP contribution in [0.3, 0.4) is 0 Å². The summed E-state index contributed by atoms with van der Waals surface area (Å²) < 4.78 is 16.3. The Morgan fingerprint density at radius 1 is 1.00 bits per heavy atom. The molecule has 5 heteroatoms. The molecule has 0 heterocycles. The molecule has 0 saturated carbocycles. The number of carbonyl (C=O) groups excluding carboxylic acids is 1. The van der Waals surface area contributed by atoms with Gasteiger partial charge in [0.15, 0.2) is 0 Å². The lowest BCUT2D eigenvalue weighted by molar-refractivity contribution is 0.0600. The van der Waals surface area contributed by atoms with E-state index in [1.54, 1.807) is 26.4 Å². The molecule has 0 unspecified atom stereocenters. The lowest BCUT2D eigenvalue weighted by Gasteiger charge is -2.15. The monoisotopic (exact) mass is 350 g/mol. The average molecular weight is 351 g/mol. The fraction of sp³-hybridized carbons (Fsp3) is 0.188. The zero-order valence-corrected chi connectivity index (χ0v) is 13.6. The van der Waals surface area contributed by atoms with Gasteiger partial charge >= 0.3 is 5.97 Å². The average Bonchev–Trinajstić information content (AvgIpc) is 2.53. The topological polar surface area (TPSA) is 44.8 Å². The van der Waals surface area contributed by atoms with Crippen LogP contribution < -0.4 is 9.47 Å². The maximum absolute atomic E-state index is 11.6. The standard InChI is InChI=1S/C16H15BrO4/c1-19-13-5-4-6-14(20-2)15(13)11-8-7-10(9-12(11)17)16(18)21-3/h4-9H,1-3H3. The zero-order chi connectivity index (χ0) is 15.4. The van der Waals surface area contributed by atoms with Crippen molar-refractivity contribution in [2.75, 3.05) is 21.3 Å². The minimum absolute atomic E-state index is 0.380. The Kier molecular flexibility index (Phi) is 4.85. The molecule has 2 aromatic rings. The van der Waals surface area contributed by atoms with Gasteiger partial charge in [0.25, 0.3) is 0 Å². The number of ether oxygens (including phenoxy) is 3. The van der Waals surface area contributed by atoms with Gasteiger partial charge in [-0.3, -0.25) is 0 Å². The van der Waals surface area contributed by atoms with E-state index in [0.29, 0.717) is 17.1 Å². The third-order valence-electron chi connectivity index (χ3n) is 3.09. The normalized spacial score (nSPS) is 10.1. The molecule has 0 bridgehead atoms.